The molecule has 0 spiro atoms. The molecule has 5 heteroatoms. The molecule has 3 rings (SSSR count). The topological polar surface area (TPSA) is 57.9 Å². The highest BCUT2D eigenvalue weighted by Gasteiger charge is 2.11. The van der Waals surface area contributed by atoms with Gasteiger partial charge in [0.1, 0.15) is 5.75 Å². The molecule has 0 amide bonds. The number of hydrogen-bond acceptors (Lipinski definition) is 5. The first-order chi connectivity index (χ1) is 11.6. The predicted molar refractivity (Wildman–Crippen MR) is 99.6 cm³/mol. The molecular formula is C19H17N3OS. The van der Waals surface area contributed by atoms with E-state index < -0.39 is 0 Å². The summed E-state index contributed by atoms with van der Waals surface area (Å²) in [5, 5.41) is 17.4. The molecule has 3 aromatic rings. The molecule has 120 valence electrons. The summed E-state index contributed by atoms with van der Waals surface area (Å²) in [5.41, 5.74) is 3.36. The first kappa shape index (κ1) is 16.0. The number of ether oxygens (including phenoxy) is 1. The molecule has 0 fully saturated rings. The minimum Gasteiger partial charge on any atom is -0.495 e. The largest absolute Gasteiger partial charge is 0.495 e. The molecule has 1 heterocycles. The lowest BCUT2D eigenvalue weighted by molar-refractivity contribution is 0.417. The van der Waals surface area contributed by atoms with Gasteiger partial charge in [-0.2, -0.15) is 5.26 Å². The van der Waals surface area contributed by atoms with E-state index in [2.05, 4.69) is 46.5 Å². The summed E-state index contributed by atoms with van der Waals surface area (Å²) in [4.78, 5) is 4.56. The molecule has 0 aliphatic heterocycles. The zero-order valence-electron chi connectivity index (χ0n) is 13.6. The number of thiazole rings is 1. The van der Waals surface area contributed by atoms with Crippen LogP contribution in [-0.4, -0.2) is 18.6 Å². The van der Waals surface area contributed by atoms with Crippen LogP contribution in [0.4, 0.5) is 5.69 Å². The molecule has 0 saturated heterocycles. The van der Waals surface area contributed by atoms with Crippen molar-refractivity contribution in [1.29, 1.82) is 5.26 Å². The van der Waals surface area contributed by atoms with Crippen molar-refractivity contribution in [3.8, 4) is 23.1 Å². The zero-order chi connectivity index (χ0) is 17.1. The van der Waals surface area contributed by atoms with Crippen molar-refractivity contribution >= 4 is 27.8 Å². The number of hydrogen-bond donors (Lipinski definition) is 1. The molecule has 0 radical (unpaired) electrons. The van der Waals surface area contributed by atoms with Gasteiger partial charge < -0.3 is 10.1 Å². The molecule has 0 saturated carbocycles. The summed E-state index contributed by atoms with van der Waals surface area (Å²) < 4.78 is 5.48. The van der Waals surface area contributed by atoms with Gasteiger partial charge in [0.2, 0.25) is 0 Å². The van der Waals surface area contributed by atoms with E-state index in [1.807, 2.05) is 19.1 Å². The maximum Gasteiger partial charge on any atom is 0.142 e. The van der Waals surface area contributed by atoms with Crippen LogP contribution in [0.25, 0.3) is 22.0 Å². The number of rotatable bonds is 5. The molecule has 0 unspecified atom stereocenters. The van der Waals surface area contributed by atoms with E-state index >= 15 is 0 Å². The number of nitrogens with zero attached hydrogens (tertiary/aromatic N) is 2. The van der Waals surface area contributed by atoms with E-state index in [-0.39, 0.29) is 0 Å². The Kier molecular flexibility index (Phi) is 4.50. The zero-order valence-corrected chi connectivity index (χ0v) is 14.4. The van der Waals surface area contributed by atoms with Crippen LogP contribution < -0.4 is 10.1 Å². The van der Waals surface area contributed by atoms with Crippen molar-refractivity contribution in [3.05, 3.63) is 52.9 Å². The van der Waals surface area contributed by atoms with E-state index in [1.165, 1.54) is 0 Å². The first-order valence-corrected chi connectivity index (χ1v) is 8.35. The van der Waals surface area contributed by atoms with Crippen LogP contribution in [0, 0.1) is 18.3 Å². The Bertz CT molecular complexity index is 953. The fourth-order valence-electron chi connectivity index (χ4n) is 2.54. The molecule has 1 N–H and O–H groups in total. The van der Waals surface area contributed by atoms with E-state index in [0.717, 1.165) is 38.5 Å². The van der Waals surface area contributed by atoms with Gasteiger partial charge in [-0.15, -0.1) is 11.3 Å². The van der Waals surface area contributed by atoms with E-state index in [4.69, 9.17) is 10.00 Å². The number of methoxy groups -OCH3 is 1. The number of aryl methyl sites for hydroxylation is 1. The fourth-order valence-corrected chi connectivity index (χ4v) is 3.16. The average Bonchev–Trinajstić information content (AvgIpc) is 3.05. The average molecular weight is 335 g/mol. The molecular weight excluding hydrogens is 318 g/mol. The first-order valence-electron chi connectivity index (χ1n) is 7.47. The van der Waals surface area contributed by atoms with Crippen molar-refractivity contribution in [2.75, 3.05) is 19.0 Å². The summed E-state index contributed by atoms with van der Waals surface area (Å²) in [5.74, 6) is 0.736. The van der Waals surface area contributed by atoms with E-state index in [9.17, 15) is 0 Å². The highest BCUT2D eigenvalue weighted by atomic mass is 32.1. The summed E-state index contributed by atoms with van der Waals surface area (Å²) in [7, 11) is 1.64. The molecule has 0 atom stereocenters. The highest BCUT2D eigenvalue weighted by molar-refractivity contribution is 7.09. The highest BCUT2D eigenvalue weighted by Crippen LogP contribution is 2.36. The second kappa shape index (κ2) is 6.73. The van der Waals surface area contributed by atoms with Gasteiger partial charge in [0.15, 0.2) is 0 Å². The lowest BCUT2D eigenvalue weighted by Gasteiger charge is -2.14. The second-order valence-electron chi connectivity index (χ2n) is 5.40. The predicted octanol–water partition coefficient (Wildman–Crippen LogP) is 4.77. The molecule has 1 aromatic heterocycles. The number of anilines is 1. The maximum absolute atomic E-state index is 8.92. The smallest absolute Gasteiger partial charge is 0.142 e. The summed E-state index contributed by atoms with van der Waals surface area (Å²) in [6.45, 7) is 6.10. The van der Waals surface area contributed by atoms with Crippen LogP contribution in [0.1, 0.15) is 5.01 Å². The Morgan fingerprint density at radius 3 is 2.83 bits per heavy atom. The Morgan fingerprint density at radius 1 is 1.38 bits per heavy atom. The van der Waals surface area contributed by atoms with Gasteiger partial charge in [0, 0.05) is 28.4 Å². The quantitative estimate of drug-likeness (QED) is 0.682. The van der Waals surface area contributed by atoms with Crippen molar-refractivity contribution in [2.24, 2.45) is 0 Å². The third-order valence-electron chi connectivity index (χ3n) is 3.75. The van der Waals surface area contributed by atoms with Crippen molar-refractivity contribution < 1.29 is 4.74 Å². The van der Waals surface area contributed by atoms with Crippen molar-refractivity contribution in [3.63, 3.8) is 0 Å². The summed E-state index contributed by atoms with van der Waals surface area (Å²) >= 11 is 1.63. The lowest BCUT2D eigenvalue weighted by Crippen LogP contribution is -2.05. The van der Waals surface area contributed by atoms with Crippen LogP contribution >= 0.6 is 11.3 Å². The monoisotopic (exact) mass is 335 g/mol. The number of aromatic nitrogens is 1. The third kappa shape index (κ3) is 3.10. The number of fused-ring (bicyclic) bond motifs is 1. The Morgan fingerprint density at radius 2 is 2.17 bits per heavy atom. The Hall–Kier alpha value is -2.84. The maximum atomic E-state index is 8.92. The number of nitriles is 1. The normalized spacial score (nSPS) is 10.4. The standard InChI is InChI=1S/C19H17N3OS/c1-12(9-20)10-21-19-16-8-15(17-11-24-13(2)22-17)5-4-14(16)6-7-18(19)23-3/h4-8,11,21H,1,10H2,2-3H3. The van der Waals surface area contributed by atoms with Crippen LogP contribution in [0.5, 0.6) is 5.75 Å². The molecule has 0 bridgehead atoms. The summed E-state index contributed by atoms with van der Waals surface area (Å²) in [6, 6.07) is 12.2. The molecule has 2 aromatic carbocycles. The van der Waals surface area contributed by atoms with Gasteiger partial charge in [0.05, 0.1) is 29.6 Å². The van der Waals surface area contributed by atoms with Crippen LogP contribution in [0.15, 0.2) is 47.9 Å². The molecule has 4 nitrogen and oxygen atoms in total. The third-order valence-corrected chi connectivity index (χ3v) is 4.53. The number of benzene rings is 2. The van der Waals surface area contributed by atoms with Crippen LogP contribution in [0.2, 0.25) is 0 Å². The molecule has 0 aliphatic carbocycles. The number of nitrogens with one attached hydrogen (secondary N) is 1. The van der Waals surface area contributed by atoms with Gasteiger partial charge in [-0.3, -0.25) is 0 Å². The van der Waals surface area contributed by atoms with Crippen molar-refractivity contribution in [2.45, 2.75) is 6.92 Å². The van der Waals surface area contributed by atoms with Crippen LogP contribution in [0.3, 0.4) is 0 Å². The fraction of sp³-hybridized carbons (Fsp3) is 0.158. The van der Waals surface area contributed by atoms with E-state index in [0.29, 0.717) is 12.1 Å². The minimum absolute atomic E-state index is 0.381. The lowest BCUT2D eigenvalue weighted by atomic mass is 10.0. The van der Waals surface area contributed by atoms with Crippen molar-refractivity contribution in [1.82, 2.24) is 4.98 Å². The van der Waals surface area contributed by atoms with Gasteiger partial charge in [-0.05, 0) is 24.4 Å². The van der Waals surface area contributed by atoms with Gasteiger partial charge >= 0.3 is 0 Å². The van der Waals surface area contributed by atoms with Gasteiger partial charge in [-0.25, -0.2) is 4.98 Å². The SMILES string of the molecule is C=C(C#N)CNc1c(OC)ccc2ccc(-c3csc(C)n3)cc12. The Labute approximate surface area is 145 Å². The second-order valence-corrected chi connectivity index (χ2v) is 6.46. The minimum atomic E-state index is 0.381. The van der Waals surface area contributed by atoms with E-state index in [1.54, 1.807) is 18.4 Å². The van der Waals surface area contributed by atoms with Gasteiger partial charge in [0.25, 0.3) is 0 Å². The molecule has 0 aliphatic rings. The van der Waals surface area contributed by atoms with Crippen LogP contribution in [-0.2, 0) is 0 Å². The summed E-state index contributed by atoms with van der Waals surface area (Å²) in [6.07, 6.45) is 0. The van der Waals surface area contributed by atoms with Gasteiger partial charge in [-0.1, -0.05) is 24.8 Å². The Balaban J connectivity index is 2.11. The molecule has 24 heavy (non-hydrogen) atoms.